The van der Waals surface area contributed by atoms with Gasteiger partial charge in [0.2, 0.25) is 34.7 Å². The van der Waals surface area contributed by atoms with Gasteiger partial charge in [0.25, 0.3) is 0 Å². The number of carbonyl (C=O) groups excluding carboxylic acids is 6. The number of hydrogen-bond donors (Lipinski definition) is 7. The molecule has 0 radical (unpaired) electrons. The fourth-order valence-electron chi connectivity index (χ4n) is 4.23. The number of rotatable bonds is 6. The summed E-state index contributed by atoms with van der Waals surface area (Å²) in [7, 11) is 0. The van der Waals surface area contributed by atoms with Gasteiger partial charge < -0.3 is 36.8 Å². The topological polar surface area (TPSA) is 203 Å². The van der Waals surface area contributed by atoms with Crippen LogP contribution in [0.5, 0.6) is 5.75 Å². The van der Waals surface area contributed by atoms with Crippen LogP contribution in [0.15, 0.2) is 54.6 Å². The zero-order valence-electron chi connectivity index (χ0n) is 23.7. The molecule has 0 bridgehead atoms. The van der Waals surface area contributed by atoms with Crippen LogP contribution >= 0.6 is 11.8 Å². The predicted octanol–water partition coefficient (Wildman–Crippen LogP) is -1.09. The van der Waals surface area contributed by atoms with Crippen molar-refractivity contribution in [3.8, 4) is 5.75 Å². The van der Waals surface area contributed by atoms with E-state index in [4.69, 9.17) is 0 Å². The van der Waals surface area contributed by atoms with Crippen LogP contribution in [-0.2, 0) is 41.6 Å². The first-order valence-corrected chi connectivity index (χ1v) is 14.5. The largest absolute Gasteiger partial charge is 0.508 e. The third-order valence-corrected chi connectivity index (χ3v) is 7.62. The van der Waals surface area contributed by atoms with E-state index in [2.05, 4.69) is 26.6 Å². The zero-order chi connectivity index (χ0) is 31.5. The summed E-state index contributed by atoms with van der Waals surface area (Å²) in [6.07, 6.45) is 0.0576. The van der Waals surface area contributed by atoms with E-state index in [-0.39, 0.29) is 24.3 Å². The SMILES string of the molecule is CC(=O)N[C@H]1CSC(=O)[C@H](Cc2ccccc2)NC(=O)[C@H](Cc2ccc(O)cc2)NC(=O)[C@H](CO)NC(=O)[C@H](C)NC1=O. The molecule has 7 N–H and O–H groups in total. The van der Waals surface area contributed by atoms with E-state index in [1.807, 2.05) is 0 Å². The van der Waals surface area contributed by atoms with Crippen LogP contribution in [0.2, 0.25) is 0 Å². The Morgan fingerprint density at radius 1 is 0.791 bits per heavy atom. The van der Waals surface area contributed by atoms with E-state index in [9.17, 15) is 39.0 Å². The second-order valence-corrected chi connectivity index (χ2v) is 11.1. The standard InChI is InChI=1S/C29H35N5O8S/c1-16-25(38)34-23(14-35)27(40)32-21(12-19-8-10-20(37)11-9-19)26(39)33-22(13-18-6-4-3-5-7-18)29(42)43-15-24(28(41)30-16)31-17(2)36/h3-11,16,21-24,35,37H,12-15H2,1-2H3,(H,30,41)(H,31,36)(H,32,40)(H,33,39)(H,34,38)/t16-,21-,22-,23-,24-/m0/s1. The molecule has 0 aromatic heterocycles. The van der Waals surface area contributed by atoms with Crippen LogP contribution < -0.4 is 26.6 Å². The average Bonchev–Trinajstić information content (AvgIpc) is 2.97. The van der Waals surface area contributed by atoms with E-state index in [0.717, 1.165) is 17.3 Å². The number of amides is 5. The molecule has 3 rings (SSSR count). The lowest BCUT2D eigenvalue weighted by Crippen LogP contribution is -2.60. The Kier molecular flexibility index (Phi) is 12.1. The van der Waals surface area contributed by atoms with Crippen LogP contribution in [0.3, 0.4) is 0 Å². The fourth-order valence-corrected chi connectivity index (χ4v) is 5.14. The van der Waals surface area contributed by atoms with Gasteiger partial charge in [-0.05, 0) is 30.2 Å². The Morgan fingerprint density at radius 2 is 1.35 bits per heavy atom. The quantitative estimate of drug-likeness (QED) is 0.211. The van der Waals surface area contributed by atoms with Crippen LogP contribution in [0.4, 0.5) is 0 Å². The molecule has 0 unspecified atom stereocenters. The van der Waals surface area contributed by atoms with E-state index in [1.165, 1.54) is 26.0 Å². The van der Waals surface area contributed by atoms with Crippen molar-refractivity contribution < 1.29 is 39.0 Å². The van der Waals surface area contributed by atoms with Crippen molar-refractivity contribution in [1.29, 1.82) is 0 Å². The van der Waals surface area contributed by atoms with Gasteiger partial charge in [-0.1, -0.05) is 54.2 Å². The summed E-state index contributed by atoms with van der Waals surface area (Å²) in [6.45, 7) is 1.74. The first-order valence-electron chi connectivity index (χ1n) is 13.5. The Balaban J connectivity index is 1.98. The molecule has 5 amide bonds. The number of phenols is 1. The van der Waals surface area contributed by atoms with Gasteiger partial charge in [0, 0.05) is 25.5 Å². The summed E-state index contributed by atoms with van der Waals surface area (Å²) in [4.78, 5) is 77.8. The molecular formula is C29H35N5O8S. The summed E-state index contributed by atoms with van der Waals surface area (Å²) < 4.78 is 0. The molecule has 0 saturated carbocycles. The van der Waals surface area contributed by atoms with E-state index >= 15 is 0 Å². The molecule has 2 aromatic rings. The number of aliphatic hydroxyl groups excluding tert-OH is 1. The third-order valence-electron chi connectivity index (χ3n) is 6.55. The van der Waals surface area contributed by atoms with Gasteiger partial charge in [0.05, 0.1) is 6.61 Å². The van der Waals surface area contributed by atoms with Crippen molar-refractivity contribution in [2.45, 2.75) is 56.9 Å². The number of aromatic hydroxyl groups is 1. The van der Waals surface area contributed by atoms with Crippen LogP contribution in [0.1, 0.15) is 25.0 Å². The Hall–Kier alpha value is -4.43. The maximum absolute atomic E-state index is 13.6. The summed E-state index contributed by atoms with van der Waals surface area (Å²) in [5, 5.41) is 31.5. The Morgan fingerprint density at radius 3 is 1.98 bits per heavy atom. The number of thioether (sulfide) groups is 1. The molecule has 0 aliphatic carbocycles. The highest BCUT2D eigenvalue weighted by Crippen LogP contribution is 2.15. The summed E-state index contributed by atoms with van der Waals surface area (Å²) in [6, 6.07) is 8.71. The van der Waals surface area contributed by atoms with Gasteiger partial charge in [-0.3, -0.25) is 28.8 Å². The number of nitrogens with one attached hydrogen (secondary N) is 5. The number of phenolic OH excluding ortho intramolecular Hbond substituents is 1. The van der Waals surface area contributed by atoms with Gasteiger partial charge in [-0.15, -0.1) is 0 Å². The summed E-state index contributed by atoms with van der Waals surface area (Å²) in [5.74, 6) is -3.86. The van der Waals surface area contributed by atoms with Gasteiger partial charge in [0.1, 0.15) is 36.0 Å². The minimum atomic E-state index is -1.47. The fraction of sp³-hybridized carbons (Fsp3) is 0.379. The normalized spacial score (nSPS) is 24.3. The molecule has 2 aromatic carbocycles. The maximum Gasteiger partial charge on any atom is 0.245 e. The van der Waals surface area contributed by atoms with Crippen molar-refractivity contribution in [3.05, 3.63) is 65.7 Å². The molecule has 1 aliphatic rings. The molecule has 5 atom stereocenters. The lowest BCUT2D eigenvalue weighted by atomic mass is 10.0. The number of hydrogen-bond acceptors (Lipinski definition) is 9. The summed E-state index contributed by atoms with van der Waals surface area (Å²) in [5.41, 5.74) is 1.32. The lowest BCUT2D eigenvalue weighted by Gasteiger charge is -2.27. The van der Waals surface area contributed by atoms with Gasteiger partial charge in [0.15, 0.2) is 0 Å². The van der Waals surface area contributed by atoms with E-state index in [1.54, 1.807) is 42.5 Å². The van der Waals surface area contributed by atoms with Crippen LogP contribution in [0, 0.1) is 0 Å². The smallest absolute Gasteiger partial charge is 0.245 e. The summed E-state index contributed by atoms with van der Waals surface area (Å²) >= 11 is 0.731. The average molecular weight is 614 g/mol. The molecule has 1 fully saturated rings. The molecule has 14 heteroatoms. The predicted molar refractivity (Wildman–Crippen MR) is 158 cm³/mol. The monoisotopic (exact) mass is 613 g/mol. The van der Waals surface area contributed by atoms with Crippen molar-refractivity contribution in [2.24, 2.45) is 0 Å². The minimum absolute atomic E-state index is 0.00242. The first kappa shape index (κ1) is 33.1. The molecule has 1 aliphatic heterocycles. The van der Waals surface area contributed by atoms with E-state index < -0.39 is 71.5 Å². The minimum Gasteiger partial charge on any atom is -0.508 e. The van der Waals surface area contributed by atoms with Crippen LogP contribution in [-0.4, -0.2) is 87.4 Å². The van der Waals surface area contributed by atoms with Crippen molar-refractivity contribution in [1.82, 2.24) is 26.6 Å². The highest BCUT2D eigenvalue weighted by Gasteiger charge is 2.33. The Bertz CT molecular complexity index is 1320. The maximum atomic E-state index is 13.6. The highest BCUT2D eigenvalue weighted by atomic mass is 32.2. The molecule has 13 nitrogen and oxygen atoms in total. The van der Waals surface area contributed by atoms with E-state index in [0.29, 0.717) is 5.56 Å². The molecule has 1 heterocycles. The molecular weight excluding hydrogens is 578 g/mol. The second kappa shape index (κ2) is 15.7. The molecule has 0 spiro atoms. The first-order chi connectivity index (χ1) is 20.5. The van der Waals surface area contributed by atoms with Gasteiger partial charge >= 0.3 is 0 Å². The molecule has 1 saturated heterocycles. The van der Waals surface area contributed by atoms with Crippen molar-refractivity contribution in [3.63, 3.8) is 0 Å². The van der Waals surface area contributed by atoms with Gasteiger partial charge in [-0.2, -0.15) is 0 Å². The molecule has 230 valence electrons. The molecule has 43 heavy (non-hydrogen) atoms. The third kappa shape index (κ3) is 10.1. The number of carbonyl (C=O) groups is 6. The lowest BCUT2D eigenvalue weighted by molar-refractivity contribution is -0.135. The zero-order valence-corrected chi connectivity index (χ0v) is 24.5. The highest BCUT2D eigenvalue weighted by molar-refractivity contribution is 8.13. The Labute approximate surface area is 252 Å². The number of benzene rings is 2. The van der Waals surface area contributed by atoms with Crippen molar-refractivity contribution in [2.75, 3.05) is 12.4 Å². The van der Waals surface area contributed by atoms with Crippen LogP contribution in [0.25, 0.3) is 0 Å². The second-order valence-electron chi connectivity index (χ2n) is 10.0. The van der Waals surface area contributed by atoms with Gasteiger partial charge in [-0.25, -0.2) is 0 Å². The van der Waals surface area contributed by atoms with Crippen molar-refractivity contribution >= 4 is 46.4 Å². The number of aliphatic hydroxyl groups is 1.